The molecule has 0 aliphatic carbocycles. The molecule has 0 amide bonds. The van der Waals surface area contributed by atoms with Gasteiger partial charge in [0.15, 0.2) is 0 Å². The van der Waals surface area contributed by atoms with E-state index in [0.29, 0.717) is 18.8 Å². The molecule has 1 aliphatic heterocycles. The SMILES string of the molecule is CNCC1CCCN1S(=O)(=O)c1cc(Br)ccc1OC. The minimum atomic E-state index is -3.54. The molecule has 5 nitrogen and oxygen atoms in total. The van der Waals surface area contributed by atoms with Crippen molar-refractivity contribution >= 4 is 26.0 Å². The van der Waals surface area contributed by atoms with Crippen molar-refractivity contribution < 1.29 is 13.2 Å². The first-order valence-electron chi connectivity index (χ1n) is 6.50. The number of methoxy groups -OCH3 is 1. The Morgan fingerprint density at radius 3 is 2.90 bits per heavy atom. The third-order valence-corrected chi connectivity index (χ3v) is 5.94. The highest BCUT2D eigenvalue weighted by Gasteiger charge is 2.36. The van der Waals surface area contributed by atoms with Gasteiger partial charge in [-0.2, -0.15) is 4.31 Å². The minimum absolute atomic E-state index is 0.00804. The topological polar surface area (TPSA) is 58.6 Å². The van der Waals surface area contributed by atoms with Crippen LogP contribution in [-0.2, 0) is 10.0 Å². The Morgan fingerprint density at radius 2 is 2.25 bits per heavy atom. The van der Waals surface area contributed by atoms with Gasteiger partial charge in [-0.3, -0.25) is 0 Å². The molecule has 0 spiro atoms. The van der Waals surface area contributed by atoms with Gasteiger partial charge in [0, 0.05) is 23.6 Å². The van der Waals surface area contributed by atoms with Crippen LogP contribution in [0.5, 0.6) is 5.75 Å². The summed E-state index contributed by atoms with van der Waals surface area (Å²) in [5.74, 6) is 0.378. The van der Waals surface area contributed by atoms with E-state index in [9.17, 15) is 8.42 Å². The maximum absolute atomic E-state index is 12.8. The fraction of sp³-hybridized carbons (Fsp3) is 0.538. The maximum atomic E-state index is 12.8. The fourth-order valence-electron chi connectivity index (χ4n) is 2.54. The average molecular weight is 363 g/mol. The summed E-state index contributed by atoms with van der Waals surface area (Å²) in [6.45, 7) is 1.22. The van der Waals surface area contributed by atoms with Crippen molar-refractivity contribution in [1.29, 1.82) is 0 Å². The number of halogens is 1. The molecule has 1 aliphatic rings. The van der Waals surface area contributed by atoms with Gasteiger partial charge in [0.05, 0.1) is 7.11 Å². The van der Waals surface area contributed by atoms with Crippen LogP contribution in [0.15, 0.2) is 27.6 Å². The van der Waals surface area contributed by atoms with Gasteiger partial charge in [0.1, 0.15) is 10.6 Å². The molecule has 0 aromatic heterocycles. The van der Waals surface area contributed by atoms with Crippen LogP contribution >= 0.6 is 15.9 Å². The number of hydrogen-bond acceptors (Lipinski definition) is 4. The normalized spacial score (nSPS) is 20.2. The summed E-state index contributed by atoms with van der Waals surface area (Å²) in [5, 5.41) is 3.06. The Morgan fingerprint density at radius 1 is 1.50 bits per heavy atom. The molecule has 1 saturated heterocycles. The highest BCUT2D eigenvalue weighted by molar-refractivity contribution is 9.10. The van der Waals surface area contributed by atoms with E-state index in [1.165, 1.54) is 7.11 Å². The molecule has 0 radical (unpaired) electrons. The Balaban J connectivity index is 2.42. The lowest BCUT2D eigenvalue weighted by atomic mass is 10.2. The van der Waals surface area contributed by atoms with Crippen molar-refractivity contribution in [2.75, 3.05) is 27.2 Å². The smallest absolute Gasteiger partial charge is 0.247 e. The van der Waals surface area contributed by atoms with Crippen LogP contribution in [0.4, 0.5) is 0 Å². The Labute approximate surface area is 128 Å². The molecule has 112 valence electrons. The molecule has 1 aromatic rings. The van der Waals surface area contributed by atoms with Crippen LogP contribution < -0.4 is 10.1 Å². The van der Waals surface area contributed by atoms with Crippen molar-refractivity contribution in [2.24, 2.45) is 0 Å². The molecule has 7 heteroatoms. The van der Waals surface area contributed by atoms with Crippen molar-refractivity contribution in [3.05, 3.63) is 22.7 Å². The summed E-state index contributed by atoms with van der Waals surface area (Å²) in [6, 6.07) is 5.05. The van der Waals surface area contributed by atoms with Gasteiger partial charge >= 0.3 is 0 Å². The van der Waals surface area contributed by atoms with Gasteiger partial charge in [-0.15, -0.1) is 0 Å². The molecular weight excluding hydrogens is 344 g/mol. The third kappa shape index (κ3) is 3.00. The lowest BCUT2D eigenvalue weighted by molar-refractivity contribution is 0.370. The molecule has 1 unspecified atom stereocenters. The largest absolute Gasteiger partial charge is 0.495 e. The fourth-order valence-corrected chi connectivity index (χ4v) is 4.93. The number of likely N-dealkylation sites (N-methyl/N-ethyl adjacent to an activating group) is 1. The van der Waals surface area contributed by atoms with Crippen LogP contribution in [0, 0.1) is 0 Å². The van der Waals surface area contributed by atoms with Crippen LogP contribution in [-0.4, -0.2) is 46.0 Å². The number of rotatable bonds is 5. The number of sulfonamides is 1. The van der Waals surface area contributed by atoms with E-state index in [1.54, 1.807) is 22.5 Å². The second-order valence-corrected chi connectivity index (χ2v) is 7.54. The zero-order valence-electron chi connectivity index (χ0n) is 11.6. The van der Waals surface area contributed by atoms with Gasteiger partial charge in [-0.25, -0.2) is 8.42 Å². The quantitative estimate of drug-likeness (QED) is 0.867. The van der Waals surface area contributed by atoms with Crippen LogP contribution in [0.1, 0.15) is 12.8 Å². The van der Waals surface area contributed by atoms with E-state index in [2.05, 4.69) is 21.2 Å². The average Bonchev–Trinajstić information content (AvgIpc) is 2.88. The van der Waals surface area contributed by atoms with E-state index < -0.39 is 10.0 Å². The molecule has 0 saturated carbocycles. The molecular formula is C13H19BrN2O3S. The summed E-state index contributed by atoms with van der Waals surface area (Å²) in [6.07, 6.45) is 1.78. The molecule has 1 atom stereocenters. The summed E-state index contributed by atoms with van der Waals surface area (Å²) in [5.41, 5.74) is 0. The number of ether oxygens (including phenoxy) is 1. The van der Waals surface area contributed by atoms with E-state index in [4.69, 9.17) is 4.74 Å². The van der Waals surface area contributed by atoms with Gasteiger partial charge in [0.25, 0.3) is 0 Å². The van der Waals surface area contributed by atoms with Crippen LogP contribution in [0.25, 0.3) is 0 Å². The third-order valence-electron chi connectivity index (χ3n) is 3.48. The first-order chi connectivity index (χ1) is 9.50. The molecule has 20 heavy (non-hydrogen) atoms. The van der Waals surface area contributed by atoms with Gasteiger partial charge in [-0.05, 0) is 38.1 Å². The molecule has 1 fully saturated rings. The zero-order valence-corrected chi connectivity index (χ0v) is 14.0. The standard InChI is InChI=1S/C13H19BrN2O3S/c1-15-9-11-4-3-7-16(11)20(17,18)13-8-10(14)5-6-12(13)19-2/h5-6,8,11,15H,3-4,7,9H2,1-2H3. The summed E-state index contributed by atoms with van der Waals surface area (Å²) >= 11 is 3.32. The second-order valence-electron chi connectivity index (χ2n) is 4.76. The number of nitrogens with one attached hydrogen (secondary N) is 1. The van der Waals surface area contributed by atoms with E-state index >= 15 is 0 Å². The molecule has 1 N–H and O–H groups in total. The Hall–Kier alpha value is -0.630. The number of benzene rings is 1. The van der Waals surface area contributed by atoms with Crippen LogP contribution in [0.3, 0.4) is 0 Å². The lowest BCUT2D eigenvalue weighted by Gasteiger charge is -2.24. The van der Waals surface area contributed by atoms with Crippen molar-refractivity contribution in [2.45, 2.75) is 23.8 Å². The van der Waals surface area contributed by atoms with Gasteiger partial charge < -0.3 is 10.1 Å². The lowest BCUT2D eigenvalue weighted by Crippen LogP contribution is -2.40. The Bertz CT molecular complexity index is 577. The van der Waals surface area contributed by atoms with Crippen molar-refractivity contribution in [1.82, 2.24) is 9.62 Å². The number of hydrogen-bond donors (Lipinski definition) is 1. The summed E-state index contributed by atoms with van der Waals surface area (Å²) in [7, 11) is -0.217. The highest BCUT2D eigenvalue weighted by Crippen LogP contribution is 2.33. The van der Waals surface area contributed by atoms with E-state index in [0.717, 1.165) is 17.3 Å². The predicted molar refractivity (Wildman–Crippen MR) is 81.5 cm³/mol. The molecule has 2 rings (SSSR count). The Kier molecular flexibility index (Phi) is 5.06. The monoisotopic (exact) mass is 362 g/mol. The predicted octanol–water partition coefficient (Wildman–Crippen LogP) is 1.83. The summed E-state index contributed by atoms with van der Waals surface area (Å²) < 4.78 is 33.2. The summed E-state index contributed by atoms with van der Waals surface area (Å²) in [4.78, 5) is 0.220. The van der Waals surface area contributed by atoms with E-state index in [1.807, 2.05) is 7.05 Å². The molecule has 1 aromatic carbocycles. The van der Waals surface area contributed by atoms with Gasteiger partial charge in [-0.1, -0.05) is 15.9 Å². The highest BCUT2D eigenvalue weighted by atomic mass is 79.9. The van der Waals surface area contributed by atoms with Crippen molar-refractivity contribution in [3.63, 3.8) is 0 Å². The van der Waals surface area contributed by atoms with Gasteiger partial charge in [0.2, 0.25) is 10.0 Å². The first-order valence-corrected chi connectivity index (χ1v) is 8.74. The van der Waals surface area contributed by atoms with E-state index in [-0.39, 0.29) is 10.9 Å². The maximum Gasteiger partial charge on any atom is 0.247 e. The van der Waals surface area contributed by atoms with Crippen molar-refractivity contribution in [3.8, 4) is 5.75 Å². The molecule has 0 bridgehead atoms. The van der Waals surface area contributed by atoms with Crippen LogP contribution in [0.2, 0.25) is 0 Å². The molecule has 1 heterocycles. The number of nitrogens with zero attached hydrogens (tertiary/aromatic N) is 1. The minimum Gasteiger partial charge on any atom is -0.495 e. The zero-order chi connectivity index (χ0) is 14.8. The second kappa shape index (κ2) is 6.43. The first kappa shape index (κ1) is 15.8.